The van der Waals surface area contributed by atoms with Gasteiger partial charge in [0.05, 0.1) is 0 Å². The molecule has 0 amide bonds. The van der Waals surface area contributed by atoms with Gasteiger partial charge in [0.25, 0.3) is 6.43 Å². The van der Waals surface area contributed by atoms with Crippen LogP contribution in [0.4, 0.5) is 13.2 Å². The molecule has 0 aromatic heterocycles. The molecular formula is C6H12F3N. The molecule has 1 nitrogen and oxygen atoms in total. The van der Waals surface area contributed by atoms with E-state index in [0.29, 0.717) is 0 Å². The predicted octanol–water partition coefficient (Wildman–Crippen LogP) is 1.72. The summed E-state index contributed by atoms with van der Waals surface area (Å²) in [6.45, 7) is 3.08. The van der Waals surface area contributed by atoms with Crippen LogP contribution in [0.25, 0.3) is 0 Å². The third-order valence-electron chi connectivity index (χ3n) is 1.73. The molecular weight excluding hydrogens is 143 g/mol. The molecule has 0 bridgehead atoms. The quantitative estimate of drug-likeness (QED) is 0.645. The highest BCUT2D eigenvalue weighted by Gasteiger charge is 2.45. The van der Waals surface area contributed by atoms with Gasteiger partial charge < -0.3 is 5.73 Å². The van der Waals surface area contributed by atoms with E-state index < -0.39 is 17.6 Å². The normalized spacial score (nSPS) is 19.2. The number of hydrogen-bond acceptors (Lipinski definition) is 1. The monoisotopic (exact) mass is 155 g/mol. The highest BCUT2D eigenvalue weighted by molar-refractivity contribution is 4.96. The lowest BCUT2D eigenvalue weighted by atomic mass is 9.87. The Morgan fingerprint density at radius 2 is 1.50 bits per heavy atom. The van der Waals surface area contributed by atoms with Gasteiger partial charge >= 0.3 is 0 Å². The van der Waals surface area contributed by atoms with Crippen molar-refractivity contribution < 1.29 is 13.2 Å². The Bertz CT molecular complexity index is 115. The van der Waals surface area contributed by atoms with Crippen molar-refractivity contribution in [2.24, 2.45) is 5.73 Å². The lowest BCUT2D eigenvalue weighted by Crippen LogP contribution is -2.57. The minimum atomic E-state index is -2.84. The maximum atomic E-state index is 12.8. The molecule has 10 heavy (non-hydrogen) atoms. The summed E-state index contributed by atoms with van der Waals surface area (Å²) < 4.78 is 36.7. The largest absolute Gasteiger partial charge is 0.318 e. The van der Waals surface area contributed by atoms with Crippen LogP contribution in [0.1, 0.15) is 20.8 Å². The Balaban J connectivity index is 4.40. The minimum Gasteiger partial charge on any atom is -0.318 e. The summed E-state index contributed by atoms with van der Waals surface area (Å²) in [6.07, 6.45) is -2.84. The molecule has 0 aliphatic heterocycles. The molecule has 4 heteroatoms. The van der Waals surface area contributed by atoms with Gasteiger partial charge in [-0.2, -0.15) is 0 Å². The summed E-state index contributed by atoms with van der Waals surface area (Å²) in [7, 11) is 0. The third-order valence-corrected chi connectivity index (χ3v) is 1.73. The van der Waals surface area contributed by atoms with Crippen molar-refractivity contribution in [2.45, 2.75) is 38.4 Å². The average Bonchev–Trinajstić information content (AvgIpc) is 1.62. The summed E-state index contributed by atoms with van der Waals surface area (Å²) in [5.41, 5.74) is 0.895. The van der Waals surface area contributed by atoms with E-state index >= 15 is 0 Å². The van der Waals surface area contributed by atoms with E-state index in [4.69, 9.17) is 5.73 Å². The minimum absolute atomic E-state index is 0.998. The van der Waals surface area contributed by atoms with Crippen LogP contribution in [0.2, 0.25) is 0 Å². The fourth-order valence-electron chi connectivity index (χ4n) is 0.259. The molecule has 1 unspecified atom stereocenters. The van der Waals surface area contributed by atoms with Gasteiger partial charge in [0.2, 0.25) is 0 Å². The maximum absolute atomic E-state index is 12.8. The van der Waals surface area contributed by atoms with Crippen molar-refractivity contribution in [1.82, 2.24) is 0 Å². The van der Waals surface area contributed by atoms with Gasteiger partial charge in [0.15, 0.2) is 0 Å². The molecule has 62 valence electrons. The van der Waals surface area contributed by atoms with Crippen molar-refractivity contribution in [3.05, 3.63) is 0 Å². The van der Waals surface area contributed by atoms with E-state index in [0.717, 1.165) is 20.8 Å². The van der Waals surface area contributed by atoms with Crippen molar-refractivity contribution in [2.75, 3.05) is 0 Å². The van der Waals surface area contributed by atoms with Crippen LogP contribution in [-0.4, -0.2) is 17.6 Å². The first kappa shape index (κ1) is 9.75. The van der Waals surface area contributed by atoms with E-state index in [1.165, 1.54) is 0 Å². The van der Waals surface area contributed by atoms with Gasteiger partial charge in [-0.25, -0.2) is 13.2 Å². The van der Waals surface area contributed by atoms with Crippen LogP contribution in [0.5, 0.6) is 0 Å². The fourth-order valence-corrected chi connectivity index (χ4v) is 0.259. The Hall–Kier alpha value is -0.250. The smallest absolute Gasteiger partial charge is 0.259 e. The van der Waals surface area contributed by atoms with E-state index in [1.54, 1.807) is 0 Å². The second-order valence-corrected chi connectivity index (χ2v) is 3.06. The Morgan fingerprint density at radius 3 is 1.50 bits per heavy atom. The summed E-state index contributed by atoms with van der Waals surface area (Å²) in [5.74, 6) is 0. The van der Waals surface area contributed by atoms with Crippen LogP contribution < -0.4 is 5.73 Å². The molecule has 0 rings (SSSR count). The second-order valence-electron chi connectivity index (χ2n) is 3.06. The van der Waals surface area contributed by atoms with Crippen molar-refractivity contribution >= 4 is 0 Å². The number of halogens is 3. The van der Waals surface area contributed by atoms with E-state index in [2.05, 4.69) is 0 Å². The lowest BCUT2D eigenvalue weighted by molar-refractivity contribution is -0.0253. The number of nitrogens with two attached hydrogens (primary N) is 1. The number of rotatable bonds is 2. The zero-order valence-corrected chi connectivity index (χ0v) is 6.29. The van der Waals surface area contributed by atoms with Gasteiger partial charge in [-0.05, 0) is 20.8 Å². The number of alkyl halides is 3. The number of hydrogen-bond donors (Lipinski definition) is 1. The summed E-state index contributed by atoms with van der Waals surface area (Å²) >= 11 is 0. The first-order valence-electron chi connectivity index (χ1n) is 2.95. The fraction of sp³-hybridized carbons (Fsp3) is 1.00. The van der Waals surface area contributed by atoms with Gasteiger partial charge in [0.1, 0.15) is 11.2 Å². The highest BCUT2D eigenvalue weighted by Crippen LogP contribution is 2.28. The van der Waals surface area contributed by atoms with Crippen LogP contribution in [-0.2, 0) is 0 Å². The maximum Gasteiger partial charge on any atom is 0.259 e. The molecule has 0 aromatic rings. The molecule has 0 aromatic carbocycles. The average molecular weight is 155 g/mol. The summed E-state index contributed by atoms with van der Waals surface area (Å²) in [5, 5.41) is 0. The molecule has 0 aliphatic rings. The molecule has 2 N–H and O–H groups in total. The third kappa shape index (κ3) is 1.62. The van der Waals surface area contributed by atoms with Crippen molar-refractivity contribution in [1.29, 1.82) is 0 Å². The Labute approximate surface area is 58.4 Å². The van der Waals surface area contributed by atoms with Crippen LogP contribution in [0.15, 0.2) is 0 Å². The molecule has 0 aliphatic carbocycles. The van der Waals surface area contributed by atoms with Gasteiger partial charge in [-0.15, -0.1) is 0 Å². The van der Waals surface area contributed by atoms with Gasteiger partial charge in [0, 0.05) is 0 Å². The summed E-state index contributed by atoms with van der Waals surface area (Å²) in [4.78, 5) is 0. The Kier molecular flexibility index (Phi) is 2.36. The first-order valence-corrected chi connectivity index (χ1v) is 2.95. The van der Waals surface area contributed by atoms with Crippen molar-refractivity contribution in [3.8, 4) is 0 Å². The van der Waals surface area contributed by atoms with Crippen LogP contribution in [0, 0.1) is 0 Å². The van der Waals surface area contributed by atoms with E-state index in [-0.39, 0.29) is 0 Å². The predicted molar refractivity (Wildman–Crippen MR) is 33.8 cm³/mol. The van der Waals surface area contributed by atoms with Gasteiger partial charge in [-0.3, -0.25) is 0 Å². The molecule has 0 radical (unpaired) electrons. The van der Waals surface area contributed by atoms with Crippen LogP contribution in [0.3, 0.4) is 0 Å². The summed E-state index contributed by atoms with van der Waals surface area (Å²) in [6, 6.07) is 0. The lowest BCUT2D eigenvalue weighted by Gasteiger charge is -2.33. The first-order chi connectivity index (χ1) is 4.19. The van der Waals surface area contributed by atoms with Crippen molar-refractivity contribution in [3.63, 3.8) is 0 Å². The zero-order chi connectivity index (χ0) is 8.58. The molecule has 0 saturated carbocycles. The zero-order valence-electron chi connectivity index (χ0n) is 6.29. The van der Waals surface area contributed by atoms with E-state index in [1.807, 2.05) is 0 Å². The Morgan fingerprint density at radius 1 is 1.20 bits per heavy atom. The molecule has 1 atom stereocenters. The SMILES string of the molecule is CC(C)(F)C(C)(N)C(F)F. The van der Waals surface area contributed by atoms with Crippen LogP contribution >= 0.6 is 0 Å². The standard InChI is InChI=1S/C6H12F3N/c1-5(2,9)6(3,10)4(7)8/h4H,10H2,1-3H3. The van der Waals surface area contributed by atoms with E-state index in [9.17, 15) is 13.2 Å². The van der Waals surface area contributed by atoms with Gasteiger partial charge in [-0.1, -0.05) is 0 Å². The highest BCUT2D eigenvalue weighted by atomic mass is 19.3. The molecule has 0 heterocycles. The molecule has 0 fully saturated rings. The topological polar surface area (TPSA) is 26.0 Å². The molecule has 0 spiro atoms. The molecule has 0 saturated heterocycles. The second kappa shape index (κ2) is 2.42.